The summed E-state index contributed by atoms with van der Waals surface area (Å²) in [5.74, 6) is -0.406. The van der Waals surface area contributed by atoms with Crippen molar-refractivity contribution in [3.8, 4) is 23.0 Å². The summed E-state index contributed by atoms with van der Waals surface area (Å²) in [4.78, 5) is 12.5. The van der Waals surface area contributed by atoms with Crippen molar-refractivity contribution in [1.29, 1.82) is 0 Å². The number of nitrogens with one attached hydrogen (secondary N) is 1. The second-order valence-corrected chi connectivity index (χ2v) is 10.2. The molecule has 14 heteroatoms. The molecule has 1 atom stereocenters. The zero-order valence-electron chi connectivity index (χ0n) is 22.8. The number of carboxylic acids is 1. The molecule has 0 aromatic heterocycles. The number of hydrogen-bond donors (Lipinski definition) is 4. The van der Waals surface area contributed by atoms with E-state index in [4.69, 9.17) is 18.9 Å². The van der Waals surface area contributed by atoms with E-state index >= 15 is 0 Å². The molecule has 0 saturated heterocycles. The van der Waals surface area contributed by atoms with Crippen LogP contribution in [0.2, 0.25) is 0 Å². The molecule has 2 aromatic rings. The Labute approximate surface area is 233 Å². The standard InChI is InChI=1S/C26H36N2O11S/c1-36-19-16-23(38-3)20(24(17-19)39-4)7-14-40(34,35)27-18-5-6-22(37-2)21(15-18)25(26(32)33)28(8-11-29,9-12-30)10-13-31/h5-7,14-17,25,27,29-31H,8-13H2,1-4H3/b14-7+. The number of anilines is 1. The van der Waals surface area contributed by atoms with E-state index in [1.54, 1.807) is 12.1 Å². The van der Waals surface area contributed by atoms with Gasteiger partial charge >= 0.3 is 0 Å². The average Bonchev–Trinajstić information content (AvgIpc) is 2.91. The van der Waals surface area contributed by atoms with Crippen molar-refractivity contribution in [1.82, 2.24) is 0 Å². The van der Waals surface area contributed by atoms with Crippen LogP contribution in [0.4, 0.5) is 5.69 Å². The fourth-order valence-corrected chi connectivity index (χ4v) is 5.37. The highest BCUT2D eigenvalue weighted by Gasteiger charge is 2.40. The third-order valence-corrected chi connectivity index (χ3v) is 7.37. The van der Waals surface area contributed by atoms with E-state index in [1.807, 2.05) is 0 Å². The molecule has 1 unspecified atom stereocenters. The molecule has 2 aromatic carbocycles. The summed E-state index contributed by atoms with van der Waals surface area (Å²) in [5, 5.41) is 42.4. The van der Waals surface area contributed by atoms with Gasteiger partial charge < -0.3 is 48.7 Å². The molecule has 40 heavy (non-hydrogen) atoms. The Morgan fingerprint density at radius 3 is 1.85 bits per heavy atom. The smallest absolute Gasteiger partial charge is 0.255 e. The molecular weight excluding hydrogens is 548 g/mol. The van der Waals surface area contributed by atoms with Crippen molar-refractivity contribution < 1.29 is 57.1 Å². The first-order chi connectivity index (χ1) is 19.0. The van der Waals surface area contributed by atoms with Gasteiger partial charge in [-0.25, -0.2) is 8.42 Å². The predicted octanol–water partition coefficient (Wildman–Crippen LogP) is -0.282. The molecule has 0 saturated carbocycles. The molecule has 0 spiro atoms. The SMILES string of the molecule is COc1cc(OC)c(/C=C/S(=O)(=O)Nc2ccc(OC)c(C(C(=O)[O-])[N+](CCO)(CCO)CCO)c2)c(OC)c1. The first-order valence-electron chi connectivity index (χ1n) is 12.1. The molecule has 4 N–H and O–H groups in total. The molecule has 13 nitrogen and oxygen atoms in total. The maximum absolute atomic E-state index is 13.0. The van der Waals surface area contributed by atoms with Crippen LogP contribution < -0.4 is 28.8 Å². The van der Waals surface area contributed by atoms with E-state index < -0.39 is 46.3 Å². The normalized spacial score (nSPS) is 12.7. The number of carbonyl (C=O) groups excluding carboxylic acids is 1. The highest BCUT2D eigenvalue weighted by molar-refractivity contribution is 7.95. The Bertz CT molecular complexity index is 1240. The Morgan fingerprint density at radius 1 is 0.900 bits per heavy atom. The van der Waals surface area contributed by atoms with E-state index in [-0.39, 0.29) is 36.6 Å². The number of carboxylic acid groups (broad SMARTS) is 1. The summed E-state index contributed by atoms with van der Waals surface area (Å²) >= 11 is 0. The summed E-state index contributed by atoms with van der Waals surface area (Å²) in [5.41, 5.74) is 0.374. The van der Waals surface area contributed by atoms with Crippen molar-refractivity contribution in [2.24, 2.45) is 0 Å². The molecule has 0 bridgehead atoms. The molecule has 2 rings (SSSR count). The molecule has 0 aliphatic heterocycles. The van der Waals surface area contributed by atoms with Gasteiger partial charge in [0.2, 0.25) is 0 Å². The van der Waals surface area contributed by atoms with Crippen LogP contribution in [0.3, 0.4) is 0 Å². The highest BCUT2D eigenvalue weighted by Crippen LogP contribution is 2.37. The van der Waals surface area contributed by atoms with Gasteiger partial charge in [-0.05, 0) is 24.3 Å². The third kappa shape index (κ3) is 7.76. The molecule has 0 amide bonds. The Hall–Kier alpha value is -3.56. The third-order valence-electron chi connectivity index (χ3n) is 6.36. The van der Waals surface area contributed by atoms with Crippen LogP contribution in [-0.4, -0.2) is 102 Å². The lowest BCUT2D eigenvalue weighted by Gasteiger charge is -2.44. The first-order valence-corrected chi connectivity index (χ1v) is 13.7. The van der Waals surface area contributed by atoms with Crippen LogP contribution in [0.25, 0.3) is 6.08 Å². The lowest BCUT2D eigenvalue weighted by atomic mass is 9.99. The van der Waals surface area contributed by atoms with Gasteiger partial charge in [-0.2, -0.15) is 0 Å². The summed E-state index contributed by atoms with van der Waals surface area (Å²) in [7, 11) is 1.45. The Kier molecular flexibility index (Phi) is 12.0. The minimum Gasteiger partial charge on any atom is -0.544 e. The summed E-state index contributed by atoms with van der Waals surface area (Å²) in [6.45, 7) is -1.72. The van der Waals surface area contributed by atoms with Gasteiger partial charge in [0.25, 0.3) is 10.0 Å². The zero-order chi connectivity index (χ0) is 29.9. The lowest BCUT2D eigenvalue weighted by Crippen LogP contribution is -2.60. The number of ether oxygens (including phenoxy) is 4. The molecule has 0 heterocycles. The summed E-state index contributed by atoms with van der Waals surface area (Å²) in [6.07, 6.45) is 1.28. The van der Waals surface area contributed by atoms with Crippen LogP contribution in [0.15, 0.2) is 35.7 Å². The van der Waals surface area contributed by atoms with Crippen LogP contribution in [0.5, 0.6) is 23.0 Å². The topological polar surface area (TPSA) is 184 Å². The van der Waals surface area contributed by atoms with Crippen LogP contribution in [-0.2, 0) is 14.8 Å². The number of benzene rings is 2. The van der Waals surface area contributed by atoms with Crippen LogP contribution in [0.1, 0.15) is 17.2 Å². The second kappa shape index (κ2) is 14.7. The summed E-state index contributed by atoms with van der Waals surface area (Å²) in [6, 6.07) is 5.65. The zero-order valence-corrected chi connectivity index (χ0v) is 23.6. The van der Waals surface area contributed by atoms with Crippen molar-refractivity contribution in [3.05, 3.63) is 46.9 Å². The highest BCUT2D eigenvalue weighted by atomic mass is 32.2. The van der Waals surface area contributed by atoms with Crippen molar-refractivity contribution in [3.63, 3.8) is 0 Å². The number of aliphatic hydroxyl groups is 3. The molecule has 0 aliphatic rings. The van der Waals surface area contributed by atoms with Crippen molar-refractivity contribution >= 4 is 27.8 Å². The number of sulfonamides is 1. The van der Waals surface area contributed by atoms with E-state index in [2.05, 4.69) is 4.72 Å². The van der Waals surface area contributed by atoms with Crippen LogP contribution in [0, 0.1) is 0 Å². The molecular formula is C26H36N2O11S. The quantitative estimate of drug-likeness (QED) is 0.179. The largest absolute Gasteiger partial charge is 0.544 e. The lowest BCUT2D eigenvalue weighted by molar-refractivity contribution is -0.951. The second-order valence-electron chi connectivity index (χ2n) is 8.63. The number of hydrogen-bond acceptors (Lipinski definition) is 11. The van der Waals surface area contributed by atoms with Gasteiger partial charge in [-0.15, -0.1) is 0 Å². The molecule has 0 radical (unpaired) electrons. The van der Waals surface area contributed by atoms with Gasteiger partial charge in [0.1, 0.15) is 48.6 Å². The first kappa shape index (κ1) is 32.7. The fraction of sp³-hybridized carbons (Fsp3) is 0.423. The predicted molar refractivity (Wildman–Crippen MR) is 145 cm³/mol. The molecule has 0 fully saturated rings. The minimum absolute atomic E-state index is 0.00968. The molecule has 222 valence electrons. The van der Waals surface area contributed by atoms with Gasteiger partial charge in [0.15, 0.2) is 6.04 Å². The Balaban J connectivity index is 2.56. The van der Waals surface area contributed by atoms with Gasteiger partial charge in [0, 0.05) is 17.8 Å². The number of aliphatic carboxylic acids is 1. The van der Waals surface area contributed by atoms with Gasteiger partial charge in [-0.1, -0.05) is 0 Å². The maximum atomic E-state index is 13.0. The number of carbonyl (C=O) groups is 1. The van der Waals surface area contributed by atoms with E-state index in [9.17, 15) is 33.6 Å². The monoisotopic (exact) mass is 584 g/mol. The molecule has 0 aliphatic carbocycles. The Morgan fingerprint density at radius 2 is 1.43 bits per heavy atom. The summed E-state index contributed by atoms with van der Waals surface area (Å²) < 4.78 is 49.1. The minimum atomic E-state index is -4.15. The number of quaternary nitrogens is 1. The fourth-order valence-electron chi connectivity index (χ4n) is 4.53. The van der Waals surface area contributed by atoms with Gasteiger partial charge in [-0.3, -0.25) is 4.72 Å². The van der Waals surface area contributed by atoms with E-state index in [1.165, 1.54) is 52.7 Å². The van der Waals surface area contributed by atoms with E-state index in [0.29, 0.717) is 22.8 Å². The van der Waals surface area contributed by atoms with Crippen molar-refractivity contribution in [2.45, 2.75) is 6.04 Å². The average molecular weight is 585 g/mol. The van der Waals surface area contributed by atoms with Crippen LogP contribution >= 0.6 is 0 Å². The maximum Gasteiger partial charge on any atom is 0.255 e. The van der Waals surface area contributed by atoms with Crippen molar-refractivity contribution in [2.75, 3.05) is 72.6 Å². The number of methoxy groups -OCH3 is 4. The number of aliphatic hydroxyl groups excluding tert-OH is 3. The van der Waals surface area contributed by atoms with E-state index in [0.717, 1.165) is 5.41 Å². The number of nitrogens with zero attached hydrogens (tertiary/aromatic N) is 1. The van der Waals surface area contributed by atoms with Gasteiger partial charge in [0.05, 0.1) is 64.8 Å². The number of rotatable bonds is 17.